The summed E-state index contributed by atoms with van der Waals surface area (Å²) in [4.78, 5) is 24.7. The number of rotatable bonds is 6. The Kier molecular flexibility index (Phi) is 4.00. The number of aryl methyl sites for hydroxylation is 2. The fourth-order valence-electron chi connectivity index (χ4n) is 2.34. The molecule has 2 aromatic rings. The zero-order chi connectivity index (χ0) is 13.8. The van der Waals surface area contributed by atoms with Crippen molar-refractivity contribution in [3.8, 4) is 0 Å². The number of aromatic amines is 1. The molecular weight excluding hydrogens is 242 g/mol. The van der Waals surface area contributed by atoms with E-state index < -0.39 is 5.97 Å². The molecule has 0 bridgehead atoms. The molecule has 0 aliphatic carbocycles. The summed E-state index contributed by atoms with van der Waals surface area (Å²) < 4.78 is 0. The number of nitrogens with one attached hydrogen (secondary N) is 1. The van der Waals surface area contributed by atoms with E-state index in [9.17, 15) is 9.59 Å². The van der Waals surface area contributed by atoms with Crippen molar-refractivity contribution in [3.05, 3.63) is 35.0 Å². The molecule has 0 saturated carbocycles. The van der Waals surface area contributed by atoms with Gasteiger partial charge < -0.3 is 14.9 Å². The number of carbonyl (C=O) groups is 2. The fraction of sp³-hybridized carbons (Fsp3) is 0.333. The molecule has 1 aromatic carbocycles. The average molecular weight is 259 g/mol. The average Bonchev–Trinajstić information content (AvgIpc) is 2.73. The zero-order valence-electron chi connectivity index (χ0n) is 10.9. The van der Waals surface area contributed by atoms with Gasteiger partial charge >= 0.3 is 5.97 Å². The Labute approximate surface area is 111 Å². The van der Waals surface area contributed by atoms with Gasteiger partial charge in [-0.25, -0.2) is 0 Å². The highest BCUT2D eigenvalue weighted by Gasteiger charge is 2.14. The van der Waals surface area contributed by atoms with E-state index in [2.05, 4.69) is 11.9 Å². The fourth-order valence-corrected chi connectivity index (χ4v) is 2.34. The number of H-pyrrole nitrogens is 1. The number of aliphatic carboxylic acids is 1. The molecule has 19 heavy (non-hydrogen) atoms. The molecule has 0 aliphatic rings. The smallest absolute Gasteiger partial charge is 0.307 e. The van der Waals surface area contributed by atoms with Crippen molar-refractivity contribution >= 4 is 23.2 Å². The van der Waals surface area contributed by atoms with Crippen molar-refractivity contribution < 1.29 is 14.7 Å². The van der Waals surface area contributed by atoms with E-state index in [-0.39, 0.29) is 6.42 Å². The van der Waals surface area contributed by atoms with Gasteiger partial charge in [-0.05, 0) is 36.1 Å². The molecular formula is C15H17NO3. The lowest BCUT2D eigenvalue weighted by atomic mass is 10.0. The summed E-state index contributed by atoms with van der Waals surface area (Å²) in [5, 5.41) is 10.00. The number of carboxylic acids is 1. The topological polar surface area (TPSA) is 70.2 Å². The van der Waals surface area contributed by atoms with E-state index in [1.54, 1.807) is 0 Å². The predicted molar refractivity (Wildman–Crippen MR) is 73.4 cm³/mol. The van der Waals surface area contributed by atoms with Crippen molar-refractivity contribution in [3.63, 3.8) is 0 Å². The Morgan fingerprint density at radius 1 is 1.42 bits per heavy atom. The minimum Gasteiger partial charge on any atom is -0.481 e. The van der Waals surface area contributed by atoms with E-state index in [0.29, 0.717) is 12.8 Å². The van der Waals surface area contributed by atoms with Crippen LogP contribution in [-0.2, 0) is 28.9 Å². The summed E-state index contributed by atoms with van der Waals surface area (Å²) in [7, 11) is 0. The molecule has 1 aromatic heterocycles. The van der Waals surface area contributed by atoms with Crippen molar-refractivity contribution in [1.82, 2.24) is 4.98 Å². The Bertz CT molecular complexity index is 613. The number of benzene rings is 1. The maximum absolute atomic E-state index is 11.0. The van der Waals surface area contributed by atoms with Crippen LogP contribution in [0.2, 0.25) is 0 Å². The Hall–Kier alpha value is -2.10. The van der Waals surface area contributed by atoms with Crippen LogP contribution in [0.1, 0.15) is 30.2 Å². The van der Waals surface area contributed by atoms with Crippen molar-refractivity contribution in [2.75, 3.05) is 0 Å². The maximum Gasteiger partial charge on any atom is 0.307 e. The molecule has 2 rings (SSSR count). The molecule has 0 aliphatic heterocycles. The summed E-state index contributed by atoms with van der Waals surface area (Å²) in [5.41, 5.74) is 3.78. The second-order valence-electron chi connectivity index (χ2n) is 4.59. The summed E-state index contributed by atoms with van der Waals surface area (Å²) >= 11 is 0. The number of hydrogen-bond acceptors (Lipinski definition) is 2. The minimum atomic E-state index is -0.852. The summed E-state index contributed by atoms with van der Waals surface area (Å²) in [6.07, 6.45) is 2.72. The van der Waals surface area contributed by atoms with Gasteiger partial charge in [-0.3, -0.25) is 4.79 Å². The highest BCUT2D eigenvalue weighted by molar-refractivity contribution is 5.89. The van der Waals surface area contributed by atoms with Gasteiger partial charge in [-0.1, -0.05) is 13.0 Å². The molecule has 0 saturated heterocycles. The molecule has 0 spiro atoms. The number of carboxylic acid groups (broad SMARTS) is 1. The molecule has 4 nitrogen and oxygen atoms in total. The molecule has 0 fully saturated rings. The monoisotopic (exact) mass is 259 g/mol. The third-order valence-electron chi connectivity index (χ3n) is 3.31. The van der Waals surface area contributed by atoms with Crippen LogP contribution < -0.4 is 0 Å². The number of aldehydes is 1. The first-order chi connectivity index (χ1) is 9.15. The van der Waals surface area contributed by atoms with Gasteiger partial charge in [0.2, 0.25) is 0 Å². The molecule has 0 radical (unpaired) electrons. The van der Waals surface area contributed by atoms with Gasteiger partial charge in [0, 0.05) is 23.0 Å². The molecule has 0 amide bonds. The standard InChI is InChI=1S/C15H17NO3/c1-2-10-5-6-14-11(8-10)12(9-15(18)19)13(16-14)4-3-7-17/h5-8,16H,2-4,9H2,1H3,(H,18,19). The van der Waals surface area contributed by atoms with Crippen LogP contribution in [-0.4, -0.2) is 22.3 Å². The maximum atomic E-state index is 11.0. The lowest BCUT2D eigenvalue weighted by Gasteiger charge is -2.01. The minimum absolute atomic E-state index is 0.0125. The van der Waals surface area contributed by atoms with Crippen LogP contribution >= 0.6 is 0 Å². The van der Waals surface area contributed by atoms with Crippen molar-refractivity contribution in [1.29, 1.82) is 0 Å². The van der Waals surface area contributed by atoms with E-state index >= 15 is 0 Å². The van der Waals surface area contributed by atoms with Gasteiger partial charge in [0.05, 0.1) is 6.42 Å². The van der Waals surface area contributed by atoms with Crippen LogP contribution in [0.5, 0.6) is 0 Å². The predicted octanol–water partition coefficient (Wildman–Crippen LogP) is 2.49. The van der Waals surface area contributed by atoms with Gasteiger partial charge in [0.25, 0.3) is 0 Å². The Morgan fingerprint density at radius 3 is 2.84 bits per heavy atom. The third-order valence-corrected chi connectivity index (χ3v) is 3.31. The Morgan fingerprint density at radius 2 is 2.21 bits per heavy atom. The highest BCUT2D eigenvalue weighted by atomic mass is 16.4. The largest absolute Gasteiger partial charge is 0.481 e. The Balaban J connectivity index is 2.53. The summed E-state index contributed by atoms with van der Waals surface area (Å²) in [6, 6.07) is 6.05. The number of fused-ring (bicyclic) bond motifs is 1. The van der Waals surface area contributed by atoms with E-state index in [0.717, 1.165) is 34.9 Å². The molecule has 4 heteroatoms. The van der Waals surface area contributed by atoms with Crippen LogP contribution in [0, 0.1) is 0 Å². The van der Waals surface area contributed by atoms with Gasteiger partial charge in [0.15, 0.2) is 0 Å². The number of aromatic nitrogens is 1. The van der Waals surface area contributed by atoms with Gasteiger partial charge in [-0.2, -0.15) is 0 Å². The first-order valence-electron chi connectivity index (χ1n) is 6.43. The molecule has 100 valence electrons. The number of hydrogen-bond donors (Lipinski definition) is 2. The first-order valence-corrected chi connectivity index (χ1v) is 6.43. The second kappa shape index (κ2) is 5.69. The summed E-state index contributed by atoms with van der Waals surface area (Å²) in [6.45, 7) is 2.07. The highest BCUT2D eigenvalue weighted by Crippen LogP contribution is 2.25. The molecule has 0 atom stereocenters. The lowest BCUT2D eigenvalue weighted by Crippen LogP contribution is -2.03. The molecule has 2 N–H and O–H groups in total. The summed E-state index contributed by atoms with van der Waals surface area (Å²) in [5.74, 6) is -0.852. The zero-order valence-corrected chi connectivity index (χ0v) is 10.9. The number of carbonyl (C=O) groups excluding carboxylic acids is 1. The van der Waals surface area contributed by atoms with Gasteiger partial charge in [0.1, 0.15) is 6.29 Å². The van der Waals surface area contributed by atoms with E-state index in [4.69, 9.17) is 5.11 Å². The van der Waals surface area contributed by atoms with Crippen molar-refractivity contribution in [2.24, 2.45) is 0 Å². The van der Waals surface area contributed by atoms with Crippen LogP contribution in [0.25, 0.3) is 10.9 Å². The first kappa shape index (κ1) is 13.3. The normalized spacial score (nSPS) is 10.8. The van der Waals surface area contributed by atoms with E-state index in [1.165, 1.54) is 5.56 Å². The van der Waals surface area contributed by atoms with Crippen LogP contribution in [0.3, 0.4) is 0 Å². The van der Waals surface area contributed by atoms with Crippen LogP contribution in [0.4, 0.5) is 0 Å². The molecule has 1 heterocycles. The van der Waals surface area contributed by atoms with E-state index in [1.807, 2.05) is 18.2 Å². The quantitative estimate of drug-likeness (QED) is 0.783. The SMILES string of the molecule is CCc1ccc2[nH]c(CCC=O)c(CC(=O)O)c2c1. The lowest BCUT2D eigenvalue weighted by molar-refractivity contribution is -0.136. The van der Waals surface area contributed by atoms with Gasteiger partial charge in [-0.15, -0.1) is 0 Å². The second-order valence-corrected chi connectivity index (χ2v) is 4.59. The molecule has 0 unspecified atom stereocenters. The van der Waals surface area contributed by atoms with Crippen LogP contribution in [0.15, 0.2) is 18.2 Å². The third kappa shape index (κ3) is 2.84. The van der Waals surface area contributed by atoms with Crippen molar-refractivity contribution in [2.45, 2.75) is 32.6 Å².